The van der Waals surface area contributed by atoms with Crippen LogP contribution < -0.4 is 5.73 Å². The summed E-state index contributed by atoms with van der Waals surface area (Å²) in [5.74, 6) is 1.64. The average molecular weight is 247 g/mol. The normalized spacial score (nSPS) is 12.9. The first-order chi connectivity index (χ1) is 8.56. The molecule has 1 aromatic carbocycles. The molecule has 0 aliphatic carbocycles. The van der Waals surface area contributed by atoms with E-state index >= 15 is 0 Å². The molecule has 1 heterocycles. The van der Waals surface area contributed by atoms with E-state index in [1.807, 2.05) is 0 Å². The number of benzene rings is 1. The minimum atomic E-state index is 0.0121. The Morgan fingerprint density at radius 2 is 1.94 bits per heavy atom. The zero-order chi connectivity index (χ0) is 13.1. The van der Waals surface area contributed by atoms with Gasteiger partial charge in [0, 0.05) is 18.0 Å². The molecule has 0 bridgehead atoms. The summed E-state index contributed by atoms with van der Waals surface area (Å²) >= 11 is 0. The average Bonchev–Trinajstić information content (AvgIpc) is 2.78. The van der Waals surface area contributed by atoms with Crippen LogP contribution in [0, 0.1) is 5.92 Å². The number of hydrogen-bond donors (Lipinski definition) is 2. The van der Waals surface area contributed by atoms with Gasteiger partial charge in [0.1, 0.15) is 5.75 Å². The molecule has 0 radical (unpaired) electrons. The van der Waals surface area contributed by atoms with E-state index in [-0.39, 0.29) is 11.8 Å². The highest BCUT2D eigenvalue weighted by Crippen LogP contribution is 2.19. The third kappa shape index (κ3) is 2.87. The zero-order valence-corrected chi connectivity index (χ0v) is 10.5. The van der Waals surface area contributed by atoms with E-state index in [9.17, 15) is 5.11 Å². The standard InChI is InChI=1S/C13H17N3O2/c1-8(2)11(14)7-12-15-13(16-18-12)9-3-5-10(17)6-4-9/h3-6,8,11,17H,7,14H2,1-2H3. The molecule has 1 atom stereocenters. The fourth-order valence-electron chi connectivity index (χ4n) is 1.50. The summed E-state index contributed by atoms with van der Waals surface area (Å²) < 4.78 is 5.17. The van der Waals surface area contributed by atoms with E-state index in [1.54, 1.807) is 24.3 Å². The smallest absolute Gasteiger partial charge is 0.228 e. The molecule has 96 valence electrons. The van der Waals surface area contributed by atoms with Crippen molar-refractivity contribution >= 4 is 0 Å². The molecular weight excluding hydrogens is 230 g/mol. The second-order valence-electron chi connectivity index (χ2n) is 4.67. The minimum Gasteiger partial charge on any atom is -0.508 e. The predicted molar refractivity (Wildman–Crippen MR) is 67.9 cm³/mol. The van der Waals surface area contributed by atoms with Crippen molar-refractivity contribution in [3.8, 4) is 17.1 Å². The Balaban J connectivity index is 2.13. The highest BCUT2D eigenvalue weighted by atomic mass is 16.5. The van der Waals surface area contributed by atoms with Crippen LogP contribution in [0.25, 0.3) is 11.4 Å². The van der Waals surface area contributed by atoms with Crippen LogP contribution in [0.15, 0.2) is 28.8 Å². The lowest BCUT2D eigenvalue weighted by Gasteiger charge is -2.11. The summed E-state index contributed by atoms with van der Waals surface area (Å²) in [5, 5.41) is 13.1. The van der Waals surface area contributed by atoms with Gasteiger partial charge in [-0.2, -0.15) is 4.98 Å². The molecule has 0 amide bonds. The highest BCUT2D eigenvalue weighted by Gasteiger charge is 2.14. The van der Waals surface area contributed by atoms with Gasteiger partial charge in [-0.3, -0.25) is 0 Å². The summed E-state index contributed by atoms with van der Waals surface area (Å²) in [7, 11) is 0. The van der Waals surface area contributed by atoms with Gasteiger partial charge < -0.3 is 15.4 Å². The van der Waals surface area contributed by atoms with E-state index in [0.717, 1.165) is 5.56 Å². The van der Waals surface area contributed by atoms with Crippen LogP contribution in [0.5, 0.6) is 5.75 Å². The number of phenolic OH excluding ortho intramolecular Hbond substituents is 1. The fourth-order valence-corrected chi connectivity index (χ4v) is 1.50. The van der Waals surface area contributed by atoms with Crippen LogP contribution in [-0.2, 0) is 6.42 Å². The van der Waals surface area contributed by atoms with Crippen molar-refractivity contribution in [2.45, 2.75) is 26.3 Å². The number of nitrogens with zero attached hydrogens (tertiary/aromatic N) is 2. The van der Waals surface area contributed by atoms with Crippen LogP contribution in [0.2, 0.25) is 0 Å². The van der Waals surface area contributed by atoms with E-state index in [4.69, 9.17) is 10.3 Å². The molecule has 2 rings (SSSR count). The molecule has 5 nitrogen and oxygen atoms in total. The predicted octanol–water partition coefficient (Wildman–Crippen LogP) is 1.97. The third-order valence-corrected chi connectivity index (χ3v) is 2.86. The van der Waals surface area contributed by atoms with Crippen LogP contribution in [0.4, 0.5) is 0 Å². The second-order valence-corrected chi connectivity index (χ2v) is 4.67. The monoisotopic (exact) mass is 247 g/mol. The van der Waals surface area contributed by atoms with Crippen molar-refractivity contribution in [1.82, 2.24) is 10.1 Å². The van der Waals surface area contributed by atoms with Gasteiger partial charge in [-0.1, -0.05) is 19.0 Å². The van der Waals surface area contributed by atoms with Crippen molar-refractivity contribution in [1.29, 1.82) is 0 Å². The quantitative estimate of drug-likeness (QED) is 0.862. The van der Waals surface area contributed by atoms with Crippen molar-refractivity contribution < 1.29 is 9.63 Å². The molecule has 0 saturated heterocycles. The van der Waals surface area contributed by atoms with Crippen molar-refractivity contribution in [2.24, 2.45) is 11.7 Å². The van der Waals surface area contributed by atoms with Gasteiger partial charge in [0.05, 0.1) is 0 Å². The maximum atomic E-state index is 9.21. The molecule has 5 heteroatoms. The SMILES string of the molecule is CC(C)C(N)Cc1nc(-c2ccc(O)cc2)no1. The van der Waals surface area contributed by atoms with Gasteiger partial charge >= 0.3 is 0 Å². The zero-order valence-electron chi connectivity index (χ0n) is 10.5. The molecule has 1 unspecified atom stereocenters. The lowest BCUT2D eigenvalue weighted by Crippen LogP contribution is -2.28. The van der Waals surface area contributed by atoms with Crippen molar-refractivity contribution in [2.75, 3.05) is 0 Å². The number of rotatable bonds is 4. The molecule has 2 aromatic rings. The summed E-state index contributed by atoms with van der Waals surface area (Å²) in [4.78, 5) is 4.29. The molecule has 1 aromatic heterocycles. The minimum absolute atomic E-state index is 0.0121. The van der Waals surface area contributed by atoms with Gasteiger partial charge in [-0.05, 0) is 30.2 Å². The maximum Gasteiger partial charge on any atom is 0.228 e. The molecule has 0 saturated carbocycles. The molecule has 3 N–H and O–H groups in total. The van der Waals surface area contributed by atoms with Crippen LogP contribution in [0.3, 0.4) is 0 Å². The van der Waals surface area contributed by atoms with Gasteiger partial charge in [-0.25, -0.2) is 0 Å². The topological polar surface area (TPSA) is 85.2 Å². The molecule has 0 aliphatic heterocycles. The number of aromatic hydroxyl groups is 1. The summed E-state index contributed by atoms with van der Waals surface area (Å²) in [5.41, 5.74) is 6.76. The highest BCUT2D eigenvalue weighted by molar-refractivity contribution is 5.55. The molecule has 0 spiro atoms. The van der Waals surface area contributed by atoms with Crippen molar-refractivity contribution in [3.05, 3.63) is 30.2 Å². The van der Waals surface area contributed by atoms with Gasteiger partial charge in [0.15, 0.2) is 0 Å². The van der Waals surface area contributed by atoms with Gasteiger partial charge in [-0.15, -0.1) is 0 Å². The molecule has 18 heavy (non-hydrogen) atoms. The molecule has 0 fully saturated rings. The largest absolute Gasteiger partial charge is 0.508 e. The van der Waals surface area contributed by atoms with E-state index in [1.165, 1.54) is 0 Å². The van der Waals surface area contributed by atoms with Crippen LogP contribution in [0.1, 0.15) is 19.7 Å². The van der Waals surface area contributed by atoms with E-state index < -0.39 is 0 Å². The first-order valence-corrected chi connectivity index (χ1v) is 5.94. The molecular formula is C13H17N3O2. The lowest BCUT2D eigenvalue weighted by molar-refractivity contribution is 0.353. The first-order valence-electron chi connectivity index (χ1n) is 5.94. The molecule has 0 aliphatic rings. The Morgan fingerprint density at radius 1 is 1.28 bits per heavy atom. The Labute approximate surface area is 106 Å². The number of phenols is 1. The number of nitrogens with two attached hydrogens (primary N) is 1. The summed E-state index contributed by atoms with van der Waals surface area (Å²) in [6.45, 7) is 4.11. The van der Waals surface area contributed by atoms with Crippen LogP contribution in [-0.4, -0.2) is 21.3 Å². The fraction of sp³-hybridized carbons (Fsp3) is 0.385. The van der Waals surface area contributed by atoms with Gasteiger partial charge in [0.25, 0.3) is 0 Å². The Bertz CT molecular complexity index is 505. The number of aromatic nitrogens is 2. The maximum absolute atomic E-state index is 9.21. The van der Waals surface area contributed by atoms with E-state index in [2.05, 4.69) is 24.0 Å². The Kier molecular flexibility index (Phi) is 3.62. The Hall–Kier alpha value is -1.88. The second kappa shape index (κ2) is 5.18. The Morgan fingerprint density at radius 3 is 2.56 bits per heavy atom. The van der Waals surface area contributed by atoms with Crippen molar-refractivity contribution in [3.63, 3.8) is 0 Å². The van der Waals surface area contributed by atoms with Gasteiger partial charge in [0.2, 0.25) is 11.7 Å². The first kappa shape index (κ1) is 12.6. The summed E-state index contributed by atoms with van der Waals surface area (Å²) in [6.07, 6.45) is 0.572. The van der Waals surface area contributed by atoms with E-state index in [0.29, 0.717) is 24.1 Å². The summed E-state index contributed by atoms with van der Waals surface area (Å²) in [6, 6.07) is 6.67. The lowest BCUT2D eigenvalue weighted by atomic mass is 10.0. The third-order valence-electron chi connectivity index (χ3n) is 2.86. The number of hydrogen-bond acceptors (Lipinski definition) is 5. The van der Waals surface area contributed by atoms with Crippen LogP contribution >= 0.6 is 0 Å².